The number of nitrogens with one attached hydrogen (secondary N) is 3. The highest BCUT2D eigenvalue weighted by atomic mass is 16.1. The van der Waals surface area contributed by atoms with Crippen LogP contribution in [0.25, 0.3) is 0 Å². The van der Waals surface area contributed by atoms with Crippen molar-refractivity contribution in [3.63, 3.8) is 0 Å². The van der Waals surface area contributed by atoms with Gasteiger partial charge in [0.25, 0.3) is 0 Å². The largest absolute Gasteiger partial charge is 0.359 e. The maximum absolute atomic E-state index is 11.1. The first-order chi connectivity index (χ1) is 7.76. The summed E-state index contributed by atoms with van der Waals surface area (Å²) in [5.41, 5.74) is 0. The highest BCUT2D eigenvalue weighted by Gasteiger charge is 2.17. The predicted octanol–water partition coefficient (Wildman–Crippen LogP) is -0.578. The molecule has 92 valence electrons. The molecule has 1 aliphatic heterocycles. The lowest BCUT2D eigenvalue weighted by Gasteiger charge is -2.26. The Balaban J connectivity index is 2.24. The molecule has 1 aliphatic rings. The molecule has 0 aromatic rings. The highest BCUT2D eigenvalue weighted by Crippen LogP contribution is 2.05. The zero-order chi connectivity index (χ0) is 11.8. The molecule has 0 bridgehead atoms. The van der Waals surface area contributed by atoms with Crippen LogP contribution in [-0.2, 0) is 9.59 Å². The second kappa shape index (κ2) is 7.35. The molecule has 0 radical (unpaired) electrons. The Kier molecular flexibility index (Phi) is 6.03. The van der Waals surface area contributed by atoms with Crippen molar-refractivity contribution in [1.29, 1.82) is 0 Å². The van der Waals surface area contributed by atoms with Gasteiger partial charge in [0.15, 0.2) is 0 Å². The van der Waals surface area contributed by atoms with E-state index in [1.165, 1.54) is 0 Å². The zero-order valence-corrected chi connectivity index (χ0v) is 9.79. The first-order valence-corrected chi connectivity index (χ1v) is 5.89. The number of carbonyl (C=O) groups excluding carboxylic acids is 2. The summed E-state index contributed by atoms with van der Waals surface area (Å²) in [5, 5.41) is 9.13. The topological polar surface area (TPSA) is 70.2 Å². The average Bonchev–Trinajstić information content (AvgIpc) is 2.35. The summed E-state index contributed by atoms with van der Waals surface area (Å²) in [7, 11) is 1.61. The van der Waals surface area contributed by atoms with Crippen LogP contribution in [0.1, 0.15) is 25.7 Å². The fraction of sp³-hybridized carbons (Fsp3) is 0.818. The van der Waals surface area contributed by atoms with E-state index in [9.17, 15) is 9.59 Å². The van der Waals surface area contributed by atoms with E-state index in [0.717, 1.165) is 32.2 Å². The van der Waals surface area contributed by atoms with E-state index in [-0.39, 0.29) is 11.9 Å². The standard InChI is InChI=1S/C11H21N3O2/c1-12-11(16)3-2-10(8-15)14-9-4-6-13-7-5-9/h8-10,13-14H,2-7H2,1H3,(H,12,16). The molecule has 0 spiro atoms. The van der Waals surface area contributed by atoms with Gasteiger partial charge in [0.2, 0.25) is 5.91 Å². The van der Waals surface area contributed by atoms with Crippen LogP contribution in [0.4, 0.5) is 0 Å². The lowest BCUT2D eigenvalue weighted by molar-refractivity contribution is -0.120. The van der Waals surface area contributed by atoms with Crippen LogP contribution in [-0.4, -0.2) is 44.4 Å². The molecule has 1 unspecified atom stereocenters. The molecule has 1 amide bonds. The minimum absolute atomic E-state index is 0.0149. The molecule has 1 heterocycles. The molecule has 0 aromatic heterocycles. The molecule has 5 nitrogen and oxygen atoms in total. The Hall–Kier alpha value is -0.940. The van der Waals surface area contributed by atoms with Crippen LogP contribution in [0, 0.1) is 0 Å². The maximum Gasteiger partial charge on any atom is 0.219 e. The van der Waals surface area contributed by atoms with Gasteiger partial charge in [-0.3, -0.25) is 4.79 Å². The predicted molar refractivity (Wildman–Crippen MR) is 62.2 cm³/mol. The van der Waals surface area contributed by atoms with Gasteiger partial charge < -0.3 is 20.7 Å². The lowest BCUT2D eigenvalue weighted by Crippen LogP contribution is -2.45. The molecule has 1 fully saturated rings. The van der Waals surface area contributed by atoms with Crippen LogP contribution in [0.5, 0.6) is 0 Å². The monoisotopic (exact) mass is 227 g/mol. The third-order valence-electron chi connectivity index (χ3n) is 2.91. The molecule has 0 aromatic carbocycles. The van der Waals surface area contributed by atoms with Crippen molar-refractivity contribution in [2.75, 3.05) is 20.1 Å². The van der Waals surface area contributed by atoms with Gasteiger partial charge in [0.1, 0.15) is 6.29 Å². The fourth-order valence-corrected chi connectivity index (χ4v) is 1.89. The van der Waals surface area contributed by atoms with E-state index < -0.39 is 0 Å². The summed E-state index contributed by atoms with van der Waals surface area (Å²) in [6.45, 7) is 2.00. The summed E-state index contributed by atoms with van der Waals surface area (Å²) in [6.07, 6.45) is 3.98. The lowest BCUT2D eigenvalue weighted by atomic mass is 10.0. The molecular weight excluding hydrogens is 206 g/mol. The molecule has 0 saturated carbocycles. The average molecular weight is 227 g/mol. The van der Waals surface area contributed by atoms with Gasteiger partial charge in [-0.1, -0.05) is 0 Å². The summed E-state index contributed by atoms with van der Waals surface area (Å²) in [6, 6.07) is 0.210. The molecule has 1 saturated heterocycles. The third kappa shape index (κ3) is 4.72. The number of aldehydes is 1. The first kappa shape index (κ1) is 13.1. The van der Waals surface area contributed by atoms with Crippen LogP contribution in [0.2, 0.25) is 0 Å². The Morgan fingerprint density at radius 2 is 2.19 bits per heavy atom. The minimum Gasteiger partial charge on any atom is -0.359 e. The van der Waals surface area contributed by atoms with Gasteiger partial charge in [-0.15, -0.1) is 0 Å². The van der Waals surface area contributed by atoms with E-state index in [2.05, 4.69) is 16.0 Å². The first-order valence-electron chi connectivity index (χ1n) is 5.89. The second-order valence-corrected chi connectivity index (χ2v) is 4.15. The van der Waals surface area contributed by atoms with Crippen molar-refractivity contribution in [2.24, 2.45) is 0 Å². The van der Waals surface area contributed by atoms with Crippen molar-refractivity contribution in [2.45, 2.75) is 37.8 Å². The summed E-state index contributed by atoms with van der Waals surface area (Å²) < 4.78 is 0. The number of carbonyl (C=O) groups is 2. The quantitative estimate of drug-likeness (QED) is 0.531. The van der Waals surface area contributed by atoms with Gasteiger partial charge in [-0.2, -0.15) is 0 Å². The Morgan fingerprint density at radius 1 is 1.50 bits per heavy atom. The zero-order valence-electron chi connectivity index (χ0n) is 9.79. The normalized spacial score (nSPS) is 19.1. The van der Waals surface area contributed by atoms with E-state index in [0.29, 0.717) is 18.9 Å². The number of hydrogen-bond donors (Lipinski definition) is 3. The molecule has 1 atom stereocenters. The molecule has 3 N–H and O–H groups in total. The maximum atomic E-state index is 11.1. The van der Waals surface area contributed by atoms with Crippen LogP contribution in [0.15, 0.2) is 0 Å². The Labute approximate surface area is 96.4 Å². The molecule has 1 rings (SSSR count). The third-order valence-corrected chi connectivity index (χ3v) is 2.91. The summed E-state index contributed by atoms with van der Waals surface area (Å²) in [4.78, 5) is 21.9. The van der Waals surface area contributed by atoms with Gasteiger partial charge in [-0.25, -0.2) is 0 Å². The van der Waals surface area contributed by atoms with Crippen molar-refractivity contribution in [1.82, 2.24) is 16.0 Å². The van der Waals surface area contributed by atoms with Crippen LogP contribution >= 0.6 is 0 Å². The van der Waals surface area contributed by atoms with Gasteiger partial charge >= 0.3 is 0 Å². The van der Waals surface area contributed by atoms with Gasteiger partial charge in [-0.05, 0) is 32.4 Å². The van der Waals surface area contributed by atoms with E-state index in [4.69, 9.17) is 0 Å². The molecule has 16 heavy (non-hydrogen) atoms. The fourth-order valence-electron chi connectivity index (χ4n) is 1.89. The second-order valence-electron chi connectivity index (χ2n) is 4.15. The smallest absolute Gasteiger partial charge is 0.219 e. The Bertz CT molecular complexity index is 227. The SMILES string of the molecule is CNC(=O)CCC(C=O)NC1CCNCC1. The minimum atomic E-state index is -0.194. The van der Waals surface area contributed by atoms with E-state index >= 15 is 0 Å². The number of hydrogen-bond acceptors (Lipinski definition) is 4. The van der Waals surface area contributed by atoms with E-state index in [1.807, 2.05) is 0 Å². The number of amides is 1. The molecule has 0 aliphatic carbocycles. The van der Waals surface area contributed by atoms with Crippen molar-refractivity contribution in [3.8, 4) is 0 Å². The van der Waals surface area contributed by atoms with Gasteiger partial charge in [0.05, 0.1) is 6.04 Å². The molecular formula is C11H21N3O2. The Morgan fingerprint density at radius 3 is 2.75 bits per heavy atom. The van der Waals surface area contributed by atoms with Crippen molar-refractivity contribution in [3.05, 3.63) is 0 Å². The van der Waals surface area contributed by atoms with Crippen molar-refractivity contribution < 1.29 is 9.59 Å². The number of piperidine rings is 1. The van der Waals surface area contributed by atoms with Gasteiger partial charge in [0, 0.05) is 19.5 Å². The summed E-state index contributed by atoms with van der Waals surface area (Å²) in [5.74, 6) is -0.0149. The van der Waals surface area contributed by atoms with Crippen LogP contribution < -0.4 is 16.0 Å². The number of rotatable bonds is 6. The van der Waals surface area contributed by atoms with Crippen LogP contribution in [0.3, 0.4) is 0 Å². The summed E-state index contributed by atoms with van der Waals surface area (Å²) >= 11 is 0. The van der Waals surface area contributed by atoms with Crippen molar-refractivity contribution >= 4 is 12.2 Å². The highest BCUT2D eigenvalue weighted by molar-refractivity contribution is 5.76. The molecule has 5 heteroatoms. The van der Waals surface area contributed by atoms with E-state index in [1.54, 1.807) is 7.05 Å².